The van der Waals surface area contributed by atoms with Crippen molar-refractivity contribution < 1.29 is 0 Å². The van der Waals surface area contributed by atoms with E-state index in [0.29, 0.717) is 6.04 Å². The molecule has 16 heavy (non-hydrogen) atoms. The molecule has 1 saturated heterocycles. The summed E-state index contributed by atoms with van der Waals surface area (Å²) >= 11 is 0. The van der Waals surface area contributed by atoms with Crippen LogP contribution in [-0.2, 0) is 0 Å². The lowest BCUT2D eigenvalue weighted by Gasteiger charge is -2.47. The maximum atomic E-state index is 6.08. The van der Waals surface area contributed by atoms with Crippen LogP contribution in [0.3, 0.4) is 0 Å². The Balaban J connectivity index is 2.90. The molecule has 0 radical (unpaired) electrons. The third-order valence-corrected chi connectivity index (χ3v) is 4.84. The van der Waals surface area contributed by atoms with Gasteiger partial charge in [-0.2, -0.15) is 0 Å². The molecule has 1 rings (SSSR count). The fourth-order valence-electron chi connectivity index (χ4n) is 2.80. The van der Waals surface area contributed by atoms with E-state index in [9.17, 15) is 0 Å². The summed E-state index contributed by atoms with van der Waals surface area (Å²) in [6, 6.07) is 0.638. The molecule has 96 valence electrons. The maximum absolute atomic E-state index is 6.08. The number of nitrogens with zero attached hydrogens (tertiary/aromatic N) is 2. The van der Waals surface area contributed by atoms with Gasteiger partial charge in [-0.25, -0.2) is 0 Å². The maximum Gasteiger partial charge on any atom is 0.0475 e. The Morgan fingerprint density at radius 3 is 2.38 bits per heavy atom. The highest BCUT2D eigenvalue weighted by Crippen LogP contribution is 2.35. The number of rotatable bonds is 4. The Kier molecular flexibility index (Phi) is 4.04. The summed E-state index contributed by atoms with van der Waals surface area (Å²) in [7, 11) is 4.44. The molecule has 1 aliphatic heterocycles. The molecule has 2 unspecified atom stereocenters. The predicted molar refractivity (Wildman–Crippen MR) is 70.6 cm³/mol. The fraction of sp³-hybridized carbons (Fsp3) is 1.00. The molecular formula is C13H29N3. The van der Waals surface area contributed by atoms with Crippen molar-refractivity contribution in [1.29, 1.82) is 0 Å². The smallest absolute Gasteiger partial charge is 0.0475 e. The Bertz CT molecular complexity index is 227. The van der Waals surface area contributed by atoms with Crippen LogP contribution in [0.15, 0.2) is 0 Å². The van der Waals surface area contributed by atoms with Crippen LogP contribution in [0.5, 0.6) is 0 Å². The molecule has 0 aromatic heterocycles. The van der Waals surface area contributed by atoms with E-state index in [-0.39, 0.29) is 11.1 Å². The van der Waals surface area contributed by atoms with Crippen LogP contribution in [0.4, 0.5) is 0 Å². The first-order valence-corrected chi connectivity index (χ1v) is 6.43. The first kappa shape index (κ1) is 13.9. The highest BCUT2D eigenvalue weighted by Gasteiger charge is 2.46. The molecule has 1 heterocycles. The number of nitrogens with two attached hydrogens (primary N) is 1. The molecule has 0 aromatic carbocycles. The van der Waals surface area contributed by atoms with Gasteiger partial charge in [0.25, 0.3) is 0 Å². The molecule has 0 bridgehead atoms. The zero-order valence-electron chi connectivity index (χ0n) is 11.9. The average Bonchev–Trinajstić information content (AvgIpc) is 2.55. The van der Waals surface area contributed by atoms with Crippen LogP contribution >= 0.6 is 0 Å². The van der Waals surface area contributed by atoms with Gasteiger partial charge in [0, 0.05) is 30.2 Å². The van der Waals surface area contributed by atoms with E-state index in [1.54, 1.807) is 0 Å². The van der Waals surface area contributed by atoms with E-state index in [2.05, 4.69) is 51.6 Å². The zero-order valence-corrected chi connectivity index (χ0v) is 11.9. The minimum absolute atomic E-state index is 0.160. The second-order valence-corrected chi connectivity index (χ2v) is 6.12. The molecule has 0 spiro atoms. The Morgan fingerprint density at radius 1 is 1.50 bits per heavy atom. The molecule has 1 aliphatic rings. The minimum atomic E-state index is 0.160. The fourth-order valence-corrected chi connectivity index (χ4v) is 2.80. The molecule has 0 aliphatic carbocycles. The van der Waals surface area contributed by atoms with Gasteiger partial charge >= 0.3 is 0 Å². The monoisotopic (exact) mass is 227 g/mol. The second-order valence-electron chi connectivity index (χ2n) is 6.12. The topological polar surface area (TPSA) is 32.5 Å². The Hall–Kier alpha value is -0.120. The number of likely N-dealkylation sites (N-methyl/N-ethyl adjacent to an activating group) is 2. The molecule has 2 atom stereocenters. The summed E-state index contributed by atoms with van der Waals surface area (Å²) < 4.78 is 0. The van der Waals surface area contributed by atoms with Crippen LogP contribution < -0.4 is 5.73 Å². The normalized spacial score (nSPS) is 32.6. The van der Waals surface area contributed by atoms with Crippen LogP contribution in [0.2, 0.25) is 0 Å². The molecule has 3 nitrogen and oxygen atoms in total. The number of hydrogen-bond acceptors (Lipinski definition) is 3. The lowest BCUT2D eigenvalue weighted by atomic mass is 9.87. The van der Waals surface area contributed by atoms with Gasteiger partial charge in [0.1, 0.15) is 0 Å². The molecule has 1 fully saturated rings. The summed E-state index contributed by atoms with van der Waals surface area (Å²) in [5.41, 5.74) is 6.46. The van der Waals surface area contributed by atoms with Gasteiger partial charge in [-0.1, -0.05) is 6.92 Å². The summed E-state index contributed by atoms with van der Waals surface area (Å²) in [6.45, 7) is 11.0. The van der Waals surface area contributed by atoms with Gasteiger partial charge in [-0.05, 0) is 47.7 Å². The third-order valence-electron chi connectivity index (χ3n) is 4.84. The van der Waals surface area contributed by atoms with Gasteiger partial charge in [0.2, 0.25) is 0 Å². The van der Waals surface area contributed by atoms with Crippen molar-refractivity contribution in [3.8, 4) is 0 Å². The van der Waals surface area contributed by atoms with Crippen molar-refractivity contribution in [3.05, 3.63) is 0 Å². The first-order valence-electron chi connectivity index (χ1n) is 6.43. The largest absolute Gasteiger partial charge is 0.329 e. The van der Waals surface area contributed by atoms with Gasteiger partial charge in [-0.3, -0.25) is 4.90 Å². The van der Waals surface area contributed by atoms with Crippen molar-refractivity contribution >= 4 is 0 Å². The van der Waals surface area contributed by atoms with Gasteiger partial charge in [0.15, 0.2) is 0 Å². The highest BCUT2D eigenvalue weighted by molar-refractivity contribution is 5.04. The van der Waals surface area contributed by atoms with E-state index in [0.717, 1.165) is 19.5 Å². The lowest BCUT2D eigenvalue weighted by Crippen LogP contribution is -2.60. The van der Waals surface area contributed by atoms with E-state index in [1.807, 2.05) is 0 Å². The van der Waals surface area contributed by atoms with Crippen molar-refractivity contribution in [3.63, 3.8) is 0 Å². The summed E-state index contributed by atoms with van der Waals surface area (Å²) in [5, 5.41) is 0. The summed E-state index contributed by atoms with van der Waals surface area (Å²) in [4.78, 5) is 4.94. The van der Waals surface area contributed by atoms with Crippen LogP contribution in [0.25, 0.3) is 0 Å². The van der Waals surface area contributed by atoms with Crippen molar-refractivity contribution in [2.75, 3.05) is 27.2 Å². The Morgan fingerprint density at radius 2 is 2.06 bits per heavy atom. The SMILES string of the molecule is CCC(C)(C)N(C)C1(CN)CC(C)N(C)C1. The first-order chi connectivity index (χ1) is 7.29. The van der Waals surface area contributed by atoms with Crippen molar-refractivity contribution in [2.24, 2.45) is 5.73 Å². The van der Waals surface area contributed by atoms with Gasteiger partial charge in [0.05, 0.1) is 0 Å². The van der Waals surface area contributed by atoms with E-state index >= 15 is 0 Å². The highest BCUT2D eigenvalue weighted by atomic mass is 15.3. The van der Waals surface area contributed by atoms with Gasteiger partial charge < -0.3 is 10.6 Å². The standard InChI is InChI=1S/C13H29N3/c1-7-12(3,4)16(6)13(9-14)8-11(2)15(5)10-13/h11H,7-10,14H2,1-6H3. The summed E-state index contributed by atoms with van der Waals surface area (Å²) in [5.74, 6) is 0. The van der Waals surface area contributed by atoms with Crippen molar-refractivity contribution in [2.45, 2.75) is 57.7 Å². The van der Waals surface area contributed by atoms with Crippen LogP contribution in [0.1, 0.15) is 40.5 Å². The van der Waals surface area contributed by atoms with Crippen LogP contribution in [-0.4, -0.2) is 54.1 Å². The molecule has 2 N–H and O–H groups in total. The molecule has 0 aromatic rings. The van der Waals surface area contributed by atoms with Crippen LogP contribution in [0, 0.1) is 0 Å². The predicted octanol–water partition coefficient (Wildman–Crippen LogP) is 1.53. The van der Waals surface area contributed by atoms with Gasteiger partial charge in [-0.15, -0.1) is 0 Å². The Labute approximate surface area is 101 Å². The van der Waals surface area contributed by atoms with E-state index in [1.165, 1.54) is 6.42 Å². The second kappa shape index (κ2) is 4.63. The zero-order chi connectivity index (χ0) is 12.6. The number of hydrogen-bond donors (Lipinski definition) is 1. The van der Waals surface area contributed by atoms with Crippen molar-refractivity contribution in [1.82, 2.24) is 9.80 Å². The molecule has 3 heteroatoms. The number of likely N-dealkylation sites (tertiary alicyclic amines) is 1. The average molecular weight is 227 g/mol. The summed E-state index contributed by atoms with van der Waals surface area (Å²) in [6.07, 6.45) is 2.34. The molecule has 0 saturated carbocycles. The van der Waals surface area contributed by atoms with E-state index in [4.69, 9.17) is 5.73 Å². The molecular weight excluding hydrogens is 198 g/mol. The molecule has 0 amide bonds. The van der Waals surface area contributed by atoms with E-state index < -0.39 is 0 Å². The third kappa shape index (κ3) is 2.27. The lowest BCUT2D eigenvalue weighted by molar-refractivity contribution is 0.0304. The minimum Gasteiger partial charge on any atom is -0.329 e. The quantitative estimate of drug-likeness (QED) is 0.790.